The molecule has 126 valence electrons. The number of carbonyl (C=O) groups is 1. The van der Waals surface area contributed by atoms with Crippen LogP contribution in [0.5, 0.6) is 0 Å². The number of hydrogen-bond donors (Lipinski definition) is 2. The van der Waals surface area contributed by atoms with Gasteiger partial charge in [-0.1, -0.05) is 6.07 Å². The molecule has 0 spiro atoms. The van der Waals surface area contributed by atoms with Crippen molar-refractivity contribution in [3.05, 3.63) is 36.4 Å². The molecule has 3 aromatic heterocycles. The summed E-state index contributed by atoms with van der Waals surface area (Å²) >= 11 is 0. The van der Waals surface area contributed by atoms with E-state index < -0.39 is 0 Å². The van der Waals surface area contributed by atoms with Gasteiger partial charge in [0.25, 0.3) is 0 Å². The molecule has 0 atom stereocenters. The molecular weight excluding hydrogens is 318 g/mol. The van der Waals surface area contributed by atoms with Crippen molar-refractivity contribution in [1.29, 1.82) is 0 Å². The number of H-pyrrole nitrogens is 1. The Labute approximate surface area is 144 Å². The van der Waals surface area contributed by atoms with E-state index in [1.807, 2.05) is 32.0 Å². The highest BCUT2D eigenvalue weighted by molar-refractivity contribution is 6.02. The number of anilines is 2. The van der Waals surface area contributed by atoms with Crippen molar-refractivity contribution in [2.24, 2.45) is 0 Å². The fourth-order valence-corrected chi connectivity index (χ4v) is 3.01. The van der Waals surface area contributed by atoms with Crippen LogP contribution < -0.4 is 10.2 Å². The highest BCUT2D eigenvalue weighted by Gasteiger charge is 2.24. The molecule has 1 aliphatic heterocycles. The van der Waals surface area contributed by atoms with E-state index in [-0.39, 0.29) is 12.5 Å². The summed E-state index contributed by atoms with van der Waals surface area (Å²) in [6, 6.07) is 5.86. The van der Waals surface area contributed by atoms with Gasteiger partial charge in [-0.15, -0.1) is 0 Å². The fourth-order valence-electron chi connectivity index (χ4n) is 3.01. The first-order valence-electron chi connectivity index (χ1n) is 8.05. The minimum Gasteiger partial charge on any atom is -0.359 e. The summed E-state index contributed by atoms with van der Waals surface area (Å²) in [6.45, 7) is 4.79. The smallest absolute Gasteiger partial charge is 0.246 e. The Hall–Kier alpha value is -3.29. The van der Waals surface area contributed by atoms with Gasteiger partial charge >= 0.3 is 0 Å². The Balaban J connectivity index is 1.76. The monoisotopic (exact) mass is 335 g/mol. The van der Waals surface area contributed by atoms with Crippen LogP contribution in [0.25, 0.3) is 22.6 Å². The number of amides is 1. The van der Waals surface area contributed by atoms with Crippen molar-refractivity contribution in [2.75, 3.05) is 23.3 Å². The highest BCUT2D eigenvalue weighted by atomic mass is 16.2. The maximum atomic E-state index is 12.1. The number of likely N-dealkylation sites (N-methyl/N-ethyl adjacent to an activating group) is 1. The zero-order chi connectivity index (χ0) is 17.4. The molecule has 0 saturated heterocycles. The highest BCUT2D eigenvalue weighted by Crippen LogP contribution is 2.33. The lowest BCUT2D eigenvalue weighted by Gasteiger charge is -2.28. The van der Waals surface area contributed by atoms with Gasteiger partial charge in [0.15, 0.2) is 5.82 Å². The number of pyridine rings is 2. The third-order valence-corrected chi connectivity index (χ3v) is 4.24. The van der Waals surface area contributed by atoms with Crippen molar-refractivity contribution in [3.8, 4) is 22.6 Å². The molecule has 4 rings (SSSR count). The van der Waals surface area contributed by atoms with E-state index in [4.69, 9.17) is 0 Å². The number of carbonyl (C=O) groups excluding carboxylic acids is 1. The van der Waals surface area contributed by atoms with Crippen molar-refractivity contribution in [1.82, 2.24) is 25.1 Å². The standard InChI is InChI=1S/C17H17N7O/c1-3-24-14-6-11(7-18-17(14)19-8-15(24)25)12-4-5-13(22-10(12)2)16-20-9-21-23-16/h4-7,9H,3,8H2,1-2H3,(H,18,19)(H,20,21,23). The van der Waals surface area contributed by atoms with Crippen LogP contribution in [0.2, 0.25) is 0 Å². The van der Waals surface area contributed by atoms with Crippen LogP contribution in [-0.4, -0.2) is 44.1 Å². The maximum absolute atomic E-state index is 12.1. The number of aromatic amines is 1. The number of hydrogen-bond acceptors (Lipinski definition) is 6. The van der Waals surface area contributed by atoms with E-state index in [9.17, 15) is 4.79 Å². The van der Waals surface area contributed by atoms with Crippen LogP contribution in [0.1, 0.15) is 12.6 Å². The number of nitrogens with one attached hydrogen (secondary N) is 2. The van der Waals surface area contributed by atoms with E-state index in [1.54, 1.807) is 11.1 Å². The maximum Gasteiger partial charge on any atom is 0.246 e. The number of nitrogens with zero attached hydrogens (tertiary/aromatic N) is 5. The number of rotatable bonds is 3. The van der Waals surface area contributed by atoms with Crippen LogP contribution in [0.3, 0.4) is 0 Å². The van der Waals surface area contributed by atoms with Gasteiger partial charge in [-0.3, -0.25) is 9.89 Å². The summed E-state index contributed by atoms with van der Waals surface area (Å²) in [5, 5.41) is 9.72. The molecule has 0 bridgehead atoms. The molecular formula is C17H17N7O. The van der Waals surface area contributed by atoms with Crippen molar-refractivity contribution in [2.45, 2.75) is 13.8 Å². The van der Waals surface area contributed by atoms with Gasteiger partial charge in [-0.25, -0.2) is 15.0 Å². The molecule has 8 nitrogen and oxygen atoms in total. The lowest BCUT2D eigenvalue weighted by atomic mass is 10.0. The third-order valence-electron chi connectivity index (χ3n) is 4.24. The summed E-state index contributed by atoms with van der Waals surface area (Å²) in [6.07, 6.45) is 3.25. The van der Waals surface area contributed by atoms with Crippen molar-refractivity contribution >= 4 is 17.4 Å². The number of aromatic nitrogens is 5. The van der Waals surface area contributed by atoms with Gasteiger partial charge < -0.3 is 10.2 Å². The molecule has 2 N–H and O–H groups in total. The zero-order valence-electron chi connectivity index (χ0n) is 13.9. The van der Waals surface area contributed by atoms with Crippen LogP contribution in [0, 0.1) is 6.92 Å². The molecule has 8 heteroatoms. The van der Waals surface area contributed by atoms with E-state index in [2.05, 4.69) is 30.5 Å². The average molecular weight is 335 g/mol. The Morgan fingerprint density at radius 1 is 1.28 bits per heavy atom. The van der Waals surface area contributed by atoms with E-state index in [1.165, 1.54) is 6.33 Å². The van der Waals surface area contributed by atoms with Crippen molar-refractivity contribution in [3.63, 3.8) is 0 Å². The zero-order valence-corrected chi connectivity index (χ0v) is 13.9. The first-order chi connectivity index (χ1) is 12.2. The second kappa shape index (κ2) is 5.97. The summed E-state index contributed by atoms with van der Waals surface area (Å²) in [4.78, 5) is 27.0. The topological polar surface area (TPSA) is 99.7 Å². The van der Waals surface area contributed by atoms with Gasteiger partial charge in [0.05, 0.1) is 12.2 Å². The van der Waals surface area contributed by atoms with Crippen molar-refractivity contribution < 1.29 is 4.79 Å². The second-order valence-corrected chi connectivity index (χ2v) is 5.75. The van der Waals surface area contributed by atoms with E-state index in [0.717, 1.165) is 34.0 Å². The summed E-state index contributed by atoms with van der Waals surface area (Å²) in [5.74, 6) is 1.41. The lowest BCUT2D eigenvalue weighted by molar-refractivity contribution is -0.117. The van der Waals surface area contributed by atoms with Gasteiger partial charge in [0.1, 0.15) is 17.8 Å². The number of aryl methyl sites for hydroxylation is 1. The fraction of sp³-hybridized carbons (Fsp3) is 0.235. The van der Waals surface area contributed by atoms with Crippen LogP contribution in [0.4, 0.5) is 11.5 Å². The molecule has 3 aromatic rings. The normalized spacial score (nSPS) is 13.5. The number of fused-ring (bicyclic) bond motifs is 1. The van der Waals surface area contributed by atoms with Crippen LogP contribution >= 0.6 is 0 Å². The SMILES string of the molecule is CCN1C(=O)CNc2ncc(-c3ccc(-c4ncn[nH]4)nc3C)cc21. The Morgan fingerprint density at radius 3 is 2.88 bits per heavy atom. The van der Waals surface area contributed by atoms with E-state index in [0.29, 0.717) is 12.4 Å². The molecule has 0 saturated carbocycles. The van der Waals surface area contributed by atoms with Gasteiger partial charge in [0.2, 0.25) is 5.91 Å². The van der Waals surface area contributed by atoms with Crippen LogP contribution in [0.15, 0.2) is 30.7 Å². The van der Waals surface area contributed by atoms with Crippen LogP contribution in [-0.2, 0) is 4.79 Å². The predicted octanol–water partition coefficient (Wildman–Crippen LogP) is 2.02. The summed E-state index contributed by atoms with van der Waals surface area (Å²) in [5.41, 5.74) is 4.27. The predicted molar refractivity (Wildman–Crippen MR) is 94.1 cm³/mol. The molecule has 25 heavy (non-hydrogen) atoms. The first-order valence-corrected chi connectivity index (χ1v) is 8.05. The van der Waals surface area contributed by atoms with E-state index >= 15 is 0 Å². The van der Waals surface area contributed by atoms with Gasteiger partial charge in [0, 0.05) is 29.6 Å². The average Bonchev–Trinajstić information content (AvgIpc) is 3.16. The molecule has 0 radical (unpaired) electrons. The molecule has 1 aliphatic rings. The molecule has 0 unspecified atom stereocenters. The lowest BCUT2D eigenvalue weighted by Crippen LogP contribution is -2.40. The molecule has 0 aromatic carbocycles. The molecule has 1 amide bonds. The quantitative estimate of drug-likeness (QED) is 0.759. The summed E-state index contributed by atoms with van der Waals surface area (Å²) < 4.78 is 0. The molecule has 0 fully saturated rings. The minimum atomic E-state index is 0.0458. The molecule has 0 aliphatic carbocycles. The molecule has 4 heterocycles. The third kappa shape index (κ3) is 2.61. The summed E-state index contributed by atoms with van der Waals surface area (Å²) in [7, 11) is 0. The Bertz CT molecular complexity index is 936. The Kier molecular flexibility index (Phi) is 3.64. The largest absolute Gasteiger partial charge is 0.359 e. The van der Waals surface area contributed by atoms with Gasteiger partial charge in [-0.2, -0.15) is 5.10 Å². The first kappa shape index (κ1) is 15.3. The second-order valence-electron chi connectivity index (χ2n) is 5.75. The Morgan fingerprint density at radius 2 is 2.16 bits per heavy atom. The minimum absolute atomic E-state index is 0.0458. The van der Waals surface area contributed by atoms with Gasteiger partial charge in [-0.05, 0) is 26.0 Å².